The monoisotopic (exact) mass is 228 g/mol. The van der Waals surface area contributed by atoms with Crippen LogP contribution in [0.4, 0.5) is 0 Å². The molecular formula is C11H20N2OS. The Kier molecular flexibility index (Phi) is 3.26. The van der Waals surface area contributed by atoms with Crippen molar-refractivity contribution in [2.24, 2.45) is 0 Å². The number of carbonyl (C=O) groups excluding carboxylic acids is 1. The lowest BCUT2D eigenvalue weighted by molar-refractivity contribution is -0.133. The largest absolute Gasteiger partial charge is 0.341 e. The number of amides is 1. The summed E-state index contributed by atoms with van der Waals surface area (Å²) in [5.74, 6) is 1.23. The topological polar surface area (TPSA) is 32.3 Å². The maximum absolute atomic E-state index is 12.1. The first-order valence-electron chi connectivity index (χ1n) is 5.79. The number of rotatable bonds is 1. The summed E-state index contributed by atoms with van der Waals surface area (Å²) in [5.41, 5.74) is 0. The summed E-state index contributed by atoms with van der Waals surface area (Å²) in [6.07, 6.45) is 3.63. The molecule has 2 rings (SSSR count). The highest BCUT2D eigenvalue weighted by Gasteiger charge is 2.36. The number of nitrogens with zero attached hydrogens (tertiary/aromatic N) is 1. The Hall–Kier alpha value is -0.220. The van der Waals surface area contributed by atoms with E-state index in [2.05, 4.69) is 19.2 Å². The minimum atomic E-state index is 0.0445. The molecule has 1 atom stereocenters. The van der Waals surface area contributed by atoms with Crippen LogP contribution >= 0.6 is 11.8 Å². The van der Waals surface area contributed by atoms with Crippen LogP contribution in [-0.2, 0) is 4.79 Å². The van der Waals surface area contributed by atoms with Crippen LogP contribution in [0.1, 0.15) is 33.1 Å². The van der Waals surface area contributed by atoms with Crippen molar-refractivity contribution >= 4 is 17.7 Å². The third-order valence-electron chi connectivity index (χ3n) is 3.10. The van der Waals surface area contributed by atoms with Crippen molar-refractivity contribution in [2.45, 2.75) is 44.0 Å². The van der Waals surface area contributed by atoms with E-state index in [1.165, 1.54) is 19.3 Å². The van der Waals surface area contributed by atoms with Crippen molar-refractivity contribution in [3.05, 3.63) is 0 Å². The lowest BCUT2D eigenvalue weighted by Crippen LogP contribution is -2.49. The average Bonchev–Trinajstić information content (AvgIpc) is 2.59. The molecule has 86 valence electrons. The van der Waals surface area contributed by atoms with Crippen LogP contribution in [0.15, 0.2) is 0 Å². The first kappa shape index (κ1) is 11.3. The smallest absolute Gasteiger partial charge is 0.240 e. The summed E-state index contributed by atoms with van der Waals surface area (Å²) in [6.45, 7) is 6.20. The Morgan fingerprint density at radius 2 is 2.00 bits per heavy atom. The van der Waals surface area contributed by atoms with Crippen LogP contribution < -0.4 is 5.32 Å². The van der Waals surface area contributed by atoms with Gasteiger partial charge in [-0.25, -0.2) is 0 Å². The number of likely N-dealkylation sites (tertiary alicyclic amines) is 1. The highest BCUT2D eigenvalue weighted by Crippen LogP contribution is 2.30. The molecule has 1 N–H and O–H groups in total. The van der Waals surface area contributed by atoms with E-state index in [9.17, 15) is 4.79 Å². The molecule has 0 radical (unpaired) electrons. The minimum Gasteiger partial charge on any atom is -0.341 e. The van der Waals surface area contributed by atoms with Crippen molar-refractivity contribution in [1.82, 2.24) is 10.2 Å². The summed E-state index contributed by atoms with van der Waals surface area (Å²) in [4.78, 5) is 14.2. The third kappa shape index (κ3) is 2.67. The molecule has 0 aromatic rings. The van der Waals surface area contributed by atoms with E-state index < -0.39 is 0 Å². The van der Waals surface area contributed by atoms with Gasteiger partial charge in [0, 0.05) is 18.8 Å². The molecule has 0 aromatic carbocycles. The van der Waals surface area contributed by atoms with Crippen LogP contribution in [0.5, 0.6) is 0 Å². The normalized spacial score (nSPS) is 30.5. The molecule has 2 aliphatic rings. The van der Waals surface area contributed by atoms with Gasteiger partial charge in [-0.2, -0.15) is 0 Å². The molecular weight excluding hydrogens is 208 g/mol. The third-order valence-corrected chi connectivity index (χ3v) is 4.44. The SMILES string of the molecule is CC1(C)NC(C(=O)N2CCCCC2)CS1. The van der Waals surface area contributed by atoms with Gasteiger partial charge in [0.15, 0.2) is 0 Å². The second kappa shape index (κ2) is 4.34. The Labute approximate surface area is 96.0 Å². The predicted octanol–water partition coefficient (Wildman–Crippen LogP) is 1.44. The van der Waals surface area contributed by atoms with Gasteiger partial charge in [-0.15, -0.1) is 11.8 Å². The molecule has 0 aromatic heterocycles. The van der Waals surface area contributed by atoms with E-state index in [0.717, 1.165) is 18.8 Å². The Balaban J connectivity index is 1.90. The fourth-order valence-corrected chi connectivity index (χ4v) is 3.30. The van der Waals surface area contributed by atoms with Gasteiger partial charge in [-0.3, -0.25) is 10.1 Å². The number of hydrogen-bond acceptors (Lipinski definition) is 3. The van der Waals surface area contributed by atoms with E-state index in [4.69, 9.17) is 0 Å². The predicted molar refractivity (Wildman–Crippen MR) is 63.9 cm³/mol. The fraction of sp³-hybridized carbons (Fsp3) is 0.909. The maximum atomic E-state index is 12.1. The lowest BCUT2D eigenvalue weighted by Gasteiger charge is -2.29. The number of thioether (sulfide) groups is 1. The van der Waals surface area contributed by atoms with Crippen molar-refractivity contribution < 1.29 is 4.79 Å². The van der Waals surface area contributed by atoms with Crippen molar-refractivity contribution in [2.75, 3.05) is 18.8 Å². The molecule has 15 heavy (non-hydrogen) atoms. The molecule has 0 spiro atoms. The van der Waals surface area contributed by atoms with Crippen LogP contribution in [0.2, 0.25) is 0 Å². The Bertz CT molecular complexity index is 249. The second-order valence-corrected chi connectivity index (χ2v) is 6.55. The van der Waals surface area contributed by atoms with Gasteiger partial charge in [0.05, 0.1) is 10.9 Å². The van der Waals surface area contributed by atoms with Crippen molar-refractivity contribution in [3.63, 3.8) is 0 Å². The quantitative estimate of drug-likeness (QED) is 0.737. The first-order chi connectivity index (χ1) is 7.08. The minimum absolute atomic E-state index is 0.0445. The zero-order chi connectivity index (χ0) is 10.9. The van der Waals surface area contributed by atoms with E-state index in [0.29, 0.717) is 5.91 Å². The molecule has 1 unspecified atom stereocenters. The van der Waals surface area contributed by atoms with Gasteiger partial charge in [0.25, 0.3) is 0 Å². The summed E-state index contributed by atoms with van der Waals surface area (Å²) in [5, 5.41) is 3.40. The van der Waals surface area contributed by atoms with E-state index in [-0.39, 0.29) is 10.9 Å². The highest BCUT2D eigenvalue weighted by molar-refractivity contribution is 8.00. The Morgan fingerprint density at radius 1 is 1.33 bits per heavy atom. The summed E-state index contributed by atoms with van der Waals surface area (Å²) in [7, 11) is 0. The molecule has 0 saturated carbocycles. The van der Waals surface area contributed by atoms with E-state index in [1.54, 1.807) is 0 Å². The Morgan fingerprint density at radius 3 is 2.53 bits per heavy atom. The van der Waals surface area contributed by atoms with Crippen LogP contribution in [0.25, 0.3) is 0 Å². The molecule has 2 fully saturated rings. The van der Waals surface area contributed by atoms with Crippen LogP contribution in [-0.4, -0.2) is 40.6 Å². The second-order valence-electron chi connectivity index (χ2n) is 4.90. The maximum Gasteiger partial charge on any atom is 0.240 e. The van der Waals surface area contributed by atoms with Gasteiger partial charge >= 0.3 is 0 Å². The van der Waals surface area contributed by atoms with Crippen molar-refractivity contribution in [1.29, 1.82) is 0 Å². The van der Waals surface area contributed by atoms with Crippen LogP contribution in [0, 0.1) is 0 Å². The van der Waals surface area contributed by atoms with Crippen LogP contribution in [0.3, 0.4) is 0 Å². The molecule has 2 saturated heterocycles. The van der Waals surface area contributed by atoms with E-state index in [1.807, 2.05) is 16.7 Å². The fourth-order valence-electron chi connectivity index (χ4n) is 2.26. The zero-order valence-electron chi connectivity index (χ0n) is 9.58. The summed E-state index contributed by atoms with van der Waals surface area (Å²) >= 11 is 1.84. The van der Waals surface area contributed by atoms with Gasteiger partial charge in [-0.1, -0.05) is 0 Å². The molecule has 3 nitrogen and oxygen atoms in total. The average molecular weight is 228 g/mol. The van der Waals surface area contributed by atoms with Gasteiger partial charge < -0.3 is 4.90 Å². The standard InChI is InChI=1S/C11H20N2OS/c1-11(2)12-9(8-15-11)10(14)13-6-4-3-5-7-13/h9,12H,3-8H2,1-2H3. The number of hydrogen-bond donors (Lipinski definition) is 1. The van der Waals surface area contributed by atoms with Gasteiger partial charge in [0.1, 0.15) is 0 Å². The lowest BCUT2D eigenvalue weighted by atomic mass is 10.1. The summed E-state index contributed by atoms with van der Waals surface area (Å²) < 4.78 is 0. The molecule has 0 aliphatic carbocycles. The van der Waals surface area contributed by atoms with Gasteiger partial charge in [0.2, 0.25) is 5.91 Å². The number of carbonyl (C=O) groups is 1. The molecule has 0 bridgehead atoms. The molecule has 1 amide bonds. The highest BCUT2D eigenvalue weighted by atomic mass is 32.2. The first-order valence-corrected chi connectivity index (χ1v) is 6.77. The summed E-state index contributed by atoms with van der Waals surface area (Å²) in [6, 6.07) is 0.0445. The molecule has 2 heterocycles. The van der Waals surface area contributed by atoms with Gasteiger partial charge in [-0.05, 0) is 33.1 Å². The molecule has 4 heteroatoms. The number of nitrogens with one attached hydrogen (secondary N) is 1. The molecule has 2 aliphatic heterocycles. The van der Waals surface area contributed by atoms with E-state index >= 15 is 0 Å². The zero-order valence-corrected chi connectivity index (χ0v) is 10.4. The number of piperidine rings is 1. The van der Waals surface area contributed by atoms with Crippen molar-refractivity contribution in [3.8, 4) is 0 Å².